The molecule has 112 valence electrons. The second-order valence-electron chi connectivity index (χ2n) is 5.88. The fraction of sp³-hybridized carbons (Fsp3) is 0.0909. The summed E-state index contributed by atoms with van der Waals surface area (Å²) in [6, 6.07) is 32.2. The fourth-order valence-corrected chi connectivity index (χ4v) is 3.26. The van der Waals surface area contributed by atoms with E-state index in [1.165, 1.54) is 28.0 Å². The Morgan fingerprint density at radius 2 is 0.870 bits per heavy atom. The second kappa shape index (κ2) is 6.13. The van der Waals surface area contributed by atoms with Crippen LogP contribution in [0.25, 0.3) is 11.1 Å². The average Bonchev–Trinajstić information content (AvgIpc) is 3.09. The van der Waals surface area contributed by atoms with E-state index in [1.807, 2.05) is 0 Å². The summed E-state index contributed by atoms with van der Waals surface area (Å²) in [6.45, 7) is 1.91. The van der Waals surface area contributed by atoms with Gasteiger partial charge in [-0.15, -0.1) is 0 Å². The van der Waals surface area contributed by atoms with Crippen LogP contribution in [0.2, 0.25) is 0 Å². The molecule has 0 saturated heterocycles. The largest absolute Gasteiger partial charge is 0.363 e. The highest BCUT2D eigenvalue weighted by Crippen LogP contribution is 2.35. The van der Waals surface area contributed by atoms with Crippen molar-refractivity contribution < 1.29 is 0 Å². The maximum atomic E-state index is 2.45. The molecule has 3 aromatic carbocycles. The van der Waals surface area contributed by atoms with Gasteiger partial charge in [0.15, 0.2) is 0 Å². The van der Waals surface area contributed by atoms with Gasteiger partial charge in [0, 0.05) is 18.8 Å². The molecule has 1 heteroatoms. The minimum absolute atomic E-state index is 0.957. The number of benzene rings is 3. The number of hydrogen-bond acceptors (Lipinski definition) is 1. The third-order valence-electron chi connectivity index (χ3n) is 4.43. The van der Waals surface area contributed by atoms with E-state index >= 15 is 0 Å². The molecule has 0 amide bonds. The molecule has 0 bridgehead atoms. The molecule has 0 aromatic heterocycles. The zero-order valence-electron chi connectivity index (χ0n) is 13.0. The van der Waals surface area contributed by atoms with Gasteiger partial charge >= 0.3 is 0 Å². The number of nitrogens with zero attached hydrogens (tertiary/aromatic N) is 1. The highest BCUT2D eigenvalue weighted by molar-refractivity contribution is 5.97. The highest BCUT2D eigenvalue weighted by Gasteiger charge is 2.24. The summed E-state index contributed by atoms with van der Waals surface area (Å²) in [5.41, 5.74) is 6.79. The first-order chi connectivity index (χ1) is 11.4. The molecule has 0 atom stereocenters. The van der Waals surface area contributed by atoms with Gasteiger partial charge in [-0.3, -0.25) is 0 Å². The topological polar surface area (TPSA) is 3.24 Å². The van der Waals surface area contributed by atoms with Crippen LogP contribution in [-0.4, -0.2) is 13.1 Å². The van der Waals surface area contributed by atoms with Crippen LogP contribution in [0, 0.1) is 0 Å². The monoisotopic (exact) mass is 297 g/mol. The molecule has 1 aliphatic heterocycles. The van der Waals surface area contributed by atoms with Crippen molar-refractivity contribution in [2.24, 2.45) is 0 Å². The van der Waals surface area contributed by atoms with E-state index in [2.05, 4.69) is 95.9 Å². The molecule has 0 aliphatic carbocycles. The molecule has 0 radical (unpaired) electrons. The third-order valence-corrected chi connectivity index (χ3v) is 4.43. The van der Waals surface area contributed by atoms with Crippen LogP contribution in [-0.2, 0) is 0 Å². The summed E-state index contributed by atoms with van der Waals surface area (Å²) >= 11 is 0. The van der Waals surface area contributed by atoms with Crippen LogP contribution in [0.1, 0.15) is 11.1 Å². The molecule has 1 nitrogen and oxygen atoms in total. The van der Waals surface area contributed by atoms with E-state index in [0.717, 1.165) is 13.1 Å². The van der Waals surface area contributed by atoms with E-state index < -0.39 is 0 Å². The van der Waals surface area contributed by atoms with Crippen molar-refractivity contribution in [1.82, 2.24) is 0 Å². The molecule has 0 fully saturated rings. The number of anilines is 1. The first-order valence-corrected chi connectivity index (χ1v) is 8.05. The number of hydrogen-bond donors (Lipinski definition) is 0. The van der Waals surface area contributed by atoms with E-state index in [-0.39, 0.29) is 0 Å². The normalized spacial score (nSPS) is 14.3. The van der Waals surface area contributed by atoms with E-state index in [4.69, 9.17) is 0 Å². The lowest BCUT2D eigenvalue weighted by Crippen LogP contribution is -2.20. The van der Waals surface area contributed by atoms with Gasteiger partial charge < -0.3 is 4.90 Å². The van der Waals surface area contributed by atoms with Gasteiger partial charge in [-0.25, -0.2) is 0 Å². The first kappa shape index (κ1) is 13.8. The summed E-state index contributed by atoms with van der Waals surface area (Å²) in [5.74, 6) is 0. The van der Waals surface area contributed by atoms with Crippen LogP contribution in [0.5, 0.6) is 0 Å². The minimum atomic E-state index is 0.957. The maximum absolute atomic E-state index is 2.45. The molecular weight excluding hydrogens is 278 g/mol. The van der Waals surface area contributed by atoms with E-state index in [0.29, 0.717) is 0 Å². The quantitative estimate of drug-likeness (QED) is 0.648. The molecule has 1 heterocycles. The maximum Gasteiger partial charge on any atom is 0.0442 e. The lowest BCUT2D eigenvalue weighted by molar-refractivity contribution is 1.02. The standard InChI is InChI=1S/C22H19N/c1-4-10-18(11-5-1)21-16-23(20-14-8-3-9-15-20)17-22(21)19-12-6-2-7-13-19/h1-15H,16-17H2. The molecule has 4 rings (SSSR count). The Bertz CT molecular complexity index is 753. The summed E-state index contributed by atoms with van der Waals surface area (Å²) in [4.78, 5) is 2.45. The zero-order valence-corrected chi connectivity index (χ0v) is 13.0. The molecule has 0 saturated carbocycles. The molecule has 0 unspecified atom stereocenters. The average molecular weight is 297 g/mol. The van der Waals surface area contributed by atoms with Gasteiger partial charge in [0.1, 0.15) is 0 Å². The van der Waals surface area contributed by atoms with Gasteiger partial charge in [0.2, 0.25) is 0 Å². The molecular formula is C22H19N. The predicted octanol–water partition coefficient (Wildman–Crippen LogP) is 5.12. The van der Waals surface area contributed by atoms with Gasteiger partial charge in [-0.2, -0.15) is 0 Å². The van der Waals surface area contributed by atoms with Crippen molar-refractivity contribution in [3.63, 3.8) is 0 Å². The molecule has 23 heavy (non-hydrogen) atoms. The molecule has 3 aromatic rings. The lowest BCUT2D eigenvalue weighted by Gasteiger charge is -2.19. The Balaban J connectivity index is 1.76. The number of para-hydroxylation sites is 1. The Kier molecular flexibility index (Phi) is 3.69. The third kappa shape index (κ3) is 2.78. The molecule has 1 aliphatic rings. The van der Waals surface area contributed by atoms with Crippen LogP contribution < -0.4 is 4.90 Å². The SMILES string of the molecule is c1ccc(C2=C(c3ccccc3)CN(c3ccccc3)C2)cc1. The van der Waals surface area contributed by atoms with E-state index in [1.54, 1.807) is 0 Å². The van der Waals surface area contributed by atoms with E-state index in [9.17, 15) is 0 Å². The lowest BCUT2D eigenvalue weighted by atomic mass is 9.97. The Hall–Kier alpha value is -2.80. The van der Waals surface area contributed by atoms with Crippen molar-refractivity contribution in [2.45, 2.75) is 0 Å². The fourth-order valence-electron chi connectivity index (χ4n) is 3.26. The smallest absolute Gasteiger partial charge is 0.0442 e. The van der Waals surface area contributed by atoms with Crippen molar-refractivity contribution in [3.05, 3.63) is 102 Å². The van der Waals surface area contributed by atoms with Gasteiger partial charge in [0.05, 0.1) is 0 Å². The van der Waals surface area contributed by atoms with Crippen molar-refractivity contribution >= 4 is 16.8 Å². The Morgan fingerprint density at radius 3 is 1.30 bits per heavy atom. The van der Waals surface area contributed by atoms with Gasteiger partial charge in [-0.1, -0.05) is 78.9 Å². The van der Waals surface area contributed by atoms with Gasteiger partial charge in [0.25, 0.3) is 0 Å². The number of rotatable bonds is 3. The van der Waals surface area contributed by atoms with Crippen LogP contribution >= 0.6 is 0 Å². The predicted molar refractivity (Wildman–Crippen MR) is 98.4 cm³/mol. The first-order valence-electron chi connectivity index (χ1n) is 8.05. The van der Waals surface area contributed by atoms with Crippen LogP contribution in [0.15, 0.2) is 91.0 Å². The minimum Gasteiger partial charge on any atom is -0.363 e. The highest BCUT2D eigenvalue weighted by atomic mass is 15.1. The van der Waals surface area contributed by atoms with Crippen LogP contribution in [0.4, 0.5) is 5.69 Å². The van der Waals surface area contributed by atoms with Gasteiger partial charge in [-0.05, 0) is 34.4 Å². The van der Waals surface area contributed by atoms with Crippen LogP contribution in [0.3, 0.4) is 0 Å². The Labute approximate surface area is 137 Å². The molecule has 0 spiro atoms. The summed E-state index contributed by atoms with van der Waals surface area (Å²) in [6.07, 6.45) is 0. The summed E-state index contributed by atoms with van der Waals surface area (Å²) in [5, 5.41) is 0. The summed E-state index contributed by atoms with van der Waals surface area (Å²) < 4.78 is 0. The van der Waals surface area contributed by atoms with Crippen molar-refractivity contribution in [1.29, 1.82) is 0 Å². The molecule has 0 N–H and O–H groups in total. The van der Waals surface area contributed by atoms with Crippen molar-refractivity contribution in [2.75, 3.05) is 18.0 Å². The zero-order chi connectivity index (χ0) is 15.5. The second-order valence-corrected chi connectivity index (χ2v) is 5.88. The summed E-state index contributed by atoms with van der Waals surface area (Å²) in [7, 11) is 0. The van der Waals surface area contributed by atoms with Crippen molar-refractivity contribution in [3.8, 4) is 0 Å². The Morgan fingerprint density at radius 1 is 0.478 bits per heavy atom.